The summed E-state index contributed by atoms with van der Waals surface area (Å²) in [6.07, 6.45) is 14.0. The third kappa shape index (κ3) is 4.22. The first-order valence-corrected chi connectivity index (χ1v) is 13.6. The molecule has 178 valence electrons. The fourth-order valence-corrected chi connectivity index (χ4v) is 9.12. The maximum absolute atomic E-state index is 12.2. The van der Waals surface area contributed by atoms with E-state index >= 15 is 0 Å². The molecule has 0 heterocycles. The Hall–Kier alpha value is -0.570. The fourth-order valence-electron chi connectivity index (χ4n) is 9.12. The number of carbonyl (C=O) groups excluding carboxylic acids is 1. The van der Waals surface area contributed by atoms with Crippen LogP contribution >= 0.6 is 0 Å². The molecule has 4 aliphatic rings. The molecule has 0 radical (unpaired) electrons. The summed E-state index contributed by atoms with van der Waals surface area (Å²) in [6, 6.07) is 0. The Morgan fingerprint density at radius 1 is 1.00 bits per heavy atom. The van der Waals surface area contributed by atoms with Gasteiger partial charge in [0, 0.05) is 6.42 Å². The Balaban J connectivity index is 1.40. The topological polar surface area (TPSA) is 46.5 Å². The third-order valence-electron chi connectivity index (χ3n) is 11.1. The van der Waals surface area contributed by atoms with Crippen molar-refractivity contribution in [2.24, 2.45) is 46.3 Å². The molecule has 4 rings (SSSR count). The molecule has 4 fully saturated rings. The van der Waals surface area contributed by atoms with Crippen LogP contribution < -0.4 is 0 Å². The maximum Gasteiger partial charge on any atom is 0.306 e. The van der Waals surface area contributed by atoms with Gasteiger partial charge >= 0.3 is 5.97 Å². The highest BCUT2D eigenvalue weighted by atomic mass is 16.5. The lowest BCUT2D eigenvalue weighted by atomic mass is 9.44. The highest BCUT2D eigenvalue weighted by Gasteiger charge is 2.60. The summed E-state index contributed by atoms with van der Waals surface area (Å²) in [5, 5.41) is 10.3. The van der Waals surface area contributed by atoms with Gasteiger partial charge in [0.05, 0.1) is 12.2 Å². The van der Waals surface area contributed by atoms with E-state index in [0.29, 0.717) is 23.2 Å². The molecule has 10 atom stereocenters. The molecule has 1 N–H and O–H groups in total. The molecule has 1 unspecified atom stereocenters. The normalized spacial score (nSPS) is 46.4. The molecule has 0 amide bonds. The average molecular weight is 433 g/mol. The lowest BCUT2D eigenvalue weighted by molar-refractivity contribution is -0.149. The largest absolute Gasteiger partial charge is 0.463 e. The second-order valence-corrected chi connectivity index (χ2v) is 12.5. The minimum atomic E-state index is -0.0489. The third-order valence-corrected chi connectivity index (χ3v) is 11.1. The number of esters is 1. The molecule has 0 aliphatic heterocycles. The fraction of sp³-hybridized carbons (Fsp3) is 0.964. The molecule has 0 aromatic rings. The minimum absolute atomic E-state index is 0.00431. The molecule has 3 heteroatoms. The Morgan fingerprint density at radius 3 is 2.45 bits per heavy atom. The first kappa shape index (κ1) is 23.6. The Labute approximate surface area is 191 Å². The van der Waals surface area contributed by atoms with Crippen LogP contribution in [0, 0.1) is 46.3 Å². The van der Waals surface area contributed by atoms with Gasteiger partial charge in [-0.3, -0.25) is 4.79 Å². The van der Waals surface area contributed by atoms with Crippen molar-refractivity contribution in [3.63, 3.8) is 0 Å². The predicted molar refractivity (Wildman–Crippen MR) is 125 cm³/mol. The number of aliphatic hydroxyl groups is 1. The smallest absolute Gasteiger partial charge is 0.306 e. The standard InChI is InChI=1S/C28H48O3/c1-6-19(3)31-26(30)12-7-18(2)23-10-11-24-22-9-8-20-17-21(29)13-15-27(20,4)25(22)14-16-28(23,24)5/h18-25,29H,6-17H2,1-5H3/t18-,19?,20-,21-,22+,23-,24+,25+,27+,28-/m1/s1. The van der Waals surface area contributed by atoms with Gasteiger partial charge < -0.3 is 9.84 Å². The summed E-state index contributed by atoms with van der Waals surface area (Å²) < 4.78 is 5.53. The molecule has 3 nitrogen and oxygen atoms in total. The summed E-state index contributed by atoms with van der Waals surface area (Å²) in [6.45, 7) is 11.7. The lowest BCUT2D eigenvalue weighted by Gasteiger charge is -2.61. The average Bonchev–Trinajstić information content (AvgIpc) is 3.09. The molecule has 4 saturated carbocycles. The van der Waals surface area contributed by atoms with E-state index in [0.717, 1.165) is 55.3 Å². The zero-order valence-corrected chi connectivity index (χ0v) is 20.9. The number of fused-ring (bicyclic) bond motifs is 5. The van der Waals surface area contributed by atoms with Gasteiger partial charge in [0.15, 0.2) is 0 Å². The second kappa shape index (κ2) is 8.99. The number of hydrogen-bond acceptors (Lipinski definition) is 3. The molecule has 0 saturated heterocycles. The Kier molecular flexibility index (Phi) is 6.84. The molecule has 0 spiro atoms. The van der Waals surface area contributed by atoms with Crippen molar-refractivity contribution in [3.8, 4) is 0 Å². The van der Waals surface area contributed by atoms with Crippen molar-refractivity contribution < 1.29 is 14.6 Å². The minimum Gasteiger partial charge on any atom is -0.463 e. The first-order chi connectivity index (χ1) is 14.7. The number of hydrogen-bond donors (Lipinski definition) is 1. The summed E-state index contributed by atoms with van der Waals surface area (Å²) in [7, 11) is 0. The van der Waals surface area contributed by atoms with E-state index < -0.39 is 0 Å². The van der Waals surface area contributed by atoms with Crippen LogP contribution in [0.3, 0.4) is 0 Å². The second-order valence-electron chi connectivity index (χ2n) is 12.5. The van der Waals surface area contributed by atoms with Crippen LogP contribution in [0.1, 0.15) is 112 Å². The van der Waals surface area contributed by atoms with Crippen LogP contribution in [0.15, 0.2) is 0 Å². The molecule has 4 aliphatic carbocycles. The van der Waals surface area contributed by atoms with Gasteiger partial charge in [0.25, 0.3) is 0 Å². The van der Waals surface area contributed by atoms with Crippen molar-refractivity contribution in [1.82, 2.24) is 0 Å². The summed E-state index contributed by atoms with van der Waals surface area (Å²) in [5.74, 6) is 4.74. The van der Waals surface area contributed by atoms with Crippen LogP contribution in [0.25, 0.3) is 0 Å². The van der Waals surface area contributed by atoms with E-state index in [1.54, 1.807) is 0 Å². The SMILES string of the molecule is CCC(C)OC(=O)CC[C@@H](C)[C@H]1CC[C@H]2[C@@H]3CC[C@@H]4C[C@H](O)CC[C@]4(C)[C@H]3CC[C@]12C. The van der Waals surface area contributed by atoms with E-state index in [4.69, 9.17) is 4.74 Å². The highest BCUT2D eigenvalue weighted by molar-refractivity contribution is 5.69. The van der Waals surface area contributed by atoms with E-state index in [1.165, 1.54) is 44.9 Å². The van der Waals surface area contributed by atoms with Gasteiger partial charge in [0.2, 0.25) is 0 Å². The van der Waals surface area contributed by atoms with E-state index in [-0.39, 0.29) is 18.2 Å². The van der Waals surface area contributed by atoms with E-state index in [9.17, 15) is 9.90 Å². The number of rotatable bonds is 6. The summed E-state index contributed by atoms with van der Waals surface area (Å²) in [5.41, 5.74) is 0.922. The van der Waals surface area contributed by atoms with Crippen LogP contribution in [-0.4, -0.2) is 23.3 Å². The van der Waals surface area contributed by atoms with E-state index in [1.807, 2.05) is 6.92 Å². The van der Waals surface area contributed by atoms with Crippen LogP contribution in [0.2, 0.25) is 0 Å². The summed E-state index contributed by atoms with van der Waals surface area (Å²) >= 11 is 0. The molecule has 31 heavy (non-hydrogen) atoms. The lowest BCUT2D eigenvalue weighted by Crippen LogP contribution is -2.54. The van der Waals surface area contributed by atoms with Crippen LogP contribution in [0.5, 0.6) is 0 Å². The molecule has 0 bridgehead atoms. The van der Waals surface area contributed by atoms with Gasteiger partial charge in [0.1, 0.15) is 0 Å². The number of ether oxygens (including phenoxy) is 1. The van der Waals surface area contributed by atoms with Gasteiger partial charge in [-0.1, -0.05) is 27.7 Å². The molecular weight excluding hydrogens is 384 g/mol. The van der Waals surface area contributed by atoms with Crippen molar-refractivity contribution in [2.45, 2.75) is 124 Å². The predicted octanol–water partition coefficient (Wildman–Crippen LogP) is 6.76. The van der Waals surface area contributed by atoms with E-state index in [2.05, 4.69) is 27.7 Å². The monoisotopic (exact) mass is 432 g/mol. The van der Waals surface area contributed by atoms with Crippen molar-refractivity contribution in [1.29, 1.82) is 0 Å². The molecule has 0 aromatic heterocycles. The van der Waals surface area contributed by atoms with Crippen LogP contribution in [0.4, 0.5) is 0 Å². The molecule has 0 aromatic carbocycles. The van der Waals surface area contributed by atoms with Crippen LogP contribution in [-0.2, 0) is 9.53 Å². The zero-order chi connectivity index (χ0) is 22.4. The van der Waals surface area contributed by atoms with Gasteiger partial charge in [-0.25, -0.2) is 0 Å². The first-order valence-electron chi connectivity index (χ1n) is 13.6. The van der Waals surface area contributed by atoms with Gasteiger partial charge in [-0.05, 0) is 124 Å². The molecular formula is C28H48O3. The quantitative estimate of drug-likeness (QED) is 0.471. The number of aliphatic hydroxyl groups excluding tert-OH is 1. The van der Waals surface area contributed by atoms with Crippen molar-refractivity contribution >= 4 is 5.97 Å². The highest BCUT2D eigenvalue weighted by Crippen LogP contribution is 2.68. The maximum atomic E-state index is 12.2. The summed E-state index contributed by atoms with van der Waals surface area (Å²) in [4.78, 5) is 12.2. The van der Waals surface area contributed by atoms with Gasteiger partial charge in [-0.2, -0.15) is 0 Å². The zero-order valence-electron chi connectivity index (χ0n) is 20.9. The number of carbonyl (C=O) groups is 1. The Bertz CT molecular complexity index is 646. The van der Waals surface area contributed by atoms with Crippen molar-refractivity contribution in [3.05, 3.63) is 0 Å². The van der Waals surface area contributed by atoms with Gasteiger partial charge in [-0.15, -0.1) is 0 Å². The Morgan fingerprint density at radius 2 is 1.71 bits per heavy atom. The van der Waals surface area contributed by atoms with Crippen molar-refractivity contribution in [2.75, 3.05) is 0 Å².